The highest BCUT2D eigenvalue weighted by Gasteiger charge is 2.07. The number of carbonyl (C=O) groups is 1. The fourth-order valence-corrected chi connectivity index (χ4v) is 2.86. The summed E-state index contributed by atoms with van der Waals surface area (Å²) in [4.78, 5) is 26.6. The molecule has 3 aromatic rings. The van der Waals surface area contributed by atoms with E-state index >= 15 is 0 Å². The van der Waals surface area contributed by atoms with E-state index in [9.17, 15) is 14.0 Å². The number of hydrogen-bond donors (Lipinski definition) is 2. The van der Waals surface area contributed by atoms with Gasteiger partial charge in [-0.3, -0.25) is 9.36 Å². The maximum atomic E-state index is 13.5. The van der Waals surface area contributed by atoms with E-state index in [2.05, 4.69) is 10.3 Å². The Balaban J connectivity index is 1.46. The topological polar surface area (TPSA) is 66.9 Å². The molecule has 0 aliphatic heterocycles. The standard InChI is InChI=1S/C19H20FN3O2/c20-15-8-2-1-6-14(15)7-5-11-18(24)21-12-13-23-17-10-4-3-9-16(17)22-19(23)25/h1-4,6,8-10H,5,7,11-13H2,(H,21,24)(H,22,25). The average Bonchev–Trinajstić information content (AvgIpc) is 2.92. The molecule has 130 valence electrons. The van der Waals surface area contributed by atoms with Crippen molar-refractivity contribution < 1.29 is 9.18 Å². The lowest BCUT2D eigenvalue weighted by Crippen LogP contribution is -2.29. The van der Waals surface area contributed by atoms with Gasteiger partial charge in [-0.2, -0.15) is 0 Å². The van der Waals surface area contributed by atoms with E-state index < -0.39 is 0 Å². The number of carbonyl (C=O) groups excluding carboxylic acids is 1. The summed E-state index contributed by atoms with van der Waals surface area (Å²) in [5.41, 5.74) is 2.04. The molecular formula is C19H20FN3O2. The van der Waals surface area contributed by atoms with Crippen LogP contribution in [0, 0.1) is 5.82 Å². The van der Waals surface area contributed by atoms with Crippen molar-refractivity contribution in [2.24, 2.45) is 0 Å². The highest BCUT2D eigenvalue weighted by molar-refractivity contribution is 5.76. The summed E-state index contributed by atoms with van der Waals surface area (Å²) in [7, 11) is 0. The molecule has 1 aromatic heterocycles. The van der Waals surface area contributed by atoms with Gasteiger partial charge >= 0.3 is 5.69 Å². The van der Waals surface area contributed by atoms with Crippen molar-refractivity contribution in [3.63, 3.8) is 0 Å². The first-order valence-electron chi connectivity index (χ1n) is 8.33. The minimum absolute atomic E-state index is 0.0933. The van der Waals surface area contributed by atoms with Gasteiger partial charge in [0, 0.05) is 19.5 Å². The SMILES string of the molecule is O=C(CCCc1ccccc1F)NCCn1c(=O)[nH]c2ccccc21. The normalized spacial score (nSPS) is 10.9. The first kappa shape index (κ1) is 17.0. The zero-order chi connectivity index (χ0) is 17.6. The van der Waals surface area contributed by atoms with Crippen molar-refractivity contribution in [2.45, 2.75) is 25.8 Å². The van der Waals surface area contributed by atoms with Gasteiger partial charge in [-0.1, -0.05) is 30.3 Å². The summed E-state index contributed by atoms with van der Waals surface area (Å²) in [6.45, 7) is 0.780. The lowest BCUT2D eigenvalue weighted by Gasteiger charge is -2.07. The predicted octanol–water partition coefficient (Wildman–Crippen LogP) is 2.61. The number of para-hydroxylation sites is 2. The molecule has 0 saturated carbocycles. The number of halogens is 1. The van der Waals surface area contributed by atoms with Gasteiger partial charge in [-0.25, -0.2) is 9.18 Å². The number of amides is 1. The summed E-state index contributed by atoms with van der Waals surface area (Å²) in [6.07, 6.45) is 1.44. The van der Waals surface area contributed by atoms with E-state index in [1.165, 1.54) is 6.07 Å². The molecule has 1 amide bonds. The number of aromatic nitrogens is 2. The van der Waals surface area contributed by atoms with Crippen LogP contribution in [0.2, 0.25) is 0 Å². The predicted molar refractivity (Wildman–Crippen MR) is 94.9 cm³/mol. The largest absolute Gasteiger partial charge is 0.354 e. The van der Waals surface area contributed by atoms with E-state index in [4.69, 9.17) is 0 Å². The molecule has 0 aliphatic carbocycles. The highest BCUT2D eigenvalue weighted by Crippen LogP contribution is 2.10. The van der Waals surface area contributed by atoms with Gasteiger partial charge < -0.3 is 10.3 Å². The number of aryl methyl sites for hydroxylation is 1. The first-order valence-corrected chi connectivity index (χ1v) is 8.33. The molecule has 2 aromatic carbocycles. The van der Waals surface area contributed by atoms with Gasteiger partial charge in [0.15, 0.2) is 0 Å². The van der Waals surface area contributed by atoms with Crippen LogP contribution in [0.25, 0.3) is 11.0 Å². The molecule has 2 N–H and O–H groups in total. The van der Waals surface area contributed by atoms with Crippen molar-refractivity contribution in [3.05, 3.63) is 70.4 Å². The lowest BCUT2D eigenvalue weighted by molar-refractivity contribution is -0.121. The molecule has 3 rings (SSSR count). The number of rotatable bonds is 7. The second-order valence-electron chi connectivity index (χ2n) is 5.89. The van der Waals surface area contributed by atoms with Crippen LogP contribution in [0.1, 0.15) is 18.4 Å². The second kappa shape index (κ2) is 7.79. The third-order valence-corrected chi connectivity index (χ3v) is 4.15. The van der Waals surface area contributed by atoms with Crippen molar-refractivity contribution in [2.75, 3.05) is 6.54 Å². The molecule has 0 unspecified atom stereocenters. The zero-order valence-corrected chi connectivity index (χ0v) is 13.8. The number of nitrogens with zero attached hydrogens (tertiary/aromatic N) is 1. The number of aromatic amines is 1. The van der Waals surface area contributed by atoms with Crippen LogP contribution in [-0.4, -0.2) is 22.0 Å². The third kappa shape index (κ3) is 4.15. The Labute approximate surface area is 144 Å². The van der Waals surface area contributed by atoms with Crippen LogP contribution < -0.4 is 11.0 Å². The first-order chi connectivity index (χ1) is 12.1. The summed E-state index contributed by atoms with van der Waals surface area (Å²) in [6, 6.07) is 14.0. The molecule has 0 fully saturated rings. The maximum Gasteiger partial charge on any atom is 0.326 e. The Morgan fingerprint density at radius 1 is 1.12 bits per heavy atom. The fourth-order valence-electron chi connectivity index (χ4n) is 2.86. The van der Waals surface area contributed by atoms with Crippen LogP contribution in [0.3, 0.4) is 0 Å². The molecule has 0 bridgehead atoms. The number of hydrogen-bond acceptors (Lipinski definition) is 2. The average molecular weight is 341 g/mol. The van der Waals surface area contributed by atoms with Gasteiger partial charge in [-0.05, 0) is 36.6 Å². The van der Waals surface area contributed by atoms with Gasteiger partial charge in [0.05, 0.1) is 11.0 Å². The summed E-state index contributed by atoms with van der Waals surface area (Å²) in [5.74, 6) is -0.328. The third-order valence-electron chi connectivity index (χ3n) is 4.15. The maximum absolute atomic E-state index is 13.5. The Morgan fingerprint density at radius 3 is 2.72 bits per heavy atom. The van der Waals surface area contributed by atoms with E-state index in [1.54, 1.807) is 22.8 Å². The van der Waals surface area contributed by atoms with E-state index in [0.717, 1.165) is 11.0 Å². The van der Waals surface area contributed by atoms with Gasteiger partial charge in [0.1, 0.15) is 5.82 Å². The quantitative estimate of drug-likeness (QED) is 0.694. The molecule has 0 atom stereocenters. The van der Waals surface area contributed by atoms with Crippen molar-refractivity contribution >= 4 is 16.9 Å². The summed E-state index contributed by atoms with van der Waals surface area (Å²) < 4.78 is 15.1. The number of imidazole rings is 1. The second-order valence-corrected chi connectivity index (χ2v) is 5.89. The van der Waals surface area contributed by atoms with Crippen LogP contribution in [0.15, 0.2) is 53.3 Å². The Hall–Kier alpha value is -2.89. The Morgan fingerprint density at radius 2 is 1.88 bits per heavy atom. The molecule has 5 nitrogen and oxygen atoms in total. The minimum atomic E-state index is -0.235. The Kier molecular flexibility index (Phi) is 5.28. The lowest BCUT2D eigenvalue weighted by atomic mass is 10.1. The van der Waals surface area contributed by atoms with Crippen LogP contribution >= 0.6 is 0 Å². The highest BCUT2D eigenvalue weighted by atomic mass is 19.1. The monoisotopic (exact) mass is 341 g/mol. The number of fused-ring (bicyclic) bond motifs is 1. The molecule has 0 saturated heterocycles. The Bertz CT molecular complexity index is 930. The molecule has 25 heavy (non-hydrogen) atoms. The number of nitrogens with one attached hydrogen (secondary N) is 2. The smallest absolute Gasteiger partial charge is 0.326 e. The van der Waals surface area contributed by atoms with Crippen molar-refractivity contribution in [1.82, 2.24) is 14.9 Å². The summed E-state index contributed by atoms with van der Waals surface area (Å²) in [5, 5.41) is 2.81. The van der Waals surface area contributed by atoms with Crippen LogP contribution in [-0.2, 0) is 17.8 Å². The number of H-pyrrole nitrogens is 1. The van der Waals surface area contributed by atoms with E-state index in [1.807, 2.05) is 24.3 Å². The van der Waals surface area contributed by atoms with E-state index in [0.29, 0.717) is 37.9 Å². The molecule has 1 heterocycles. The molecule has 0 aliphatic rings. The zero-order valence-electron chi connectivity index (χ0n) is 13.8. The van der Waals surface area contributed by atoms with Crippen LogP contribution in [0.4, 0.5) is 4.39 Å². The molecular weight excluding hydrogens is 321 g/mol. The molecule has 6 heteroatoms. The molecule has 0 radical (unpaired) electrons. The van der Waals surface area contributed by atoms with Gasteiger partial charge in [0.2, 0.25) is 5.91 Å². The number of benzene rings is 2. The van der Waals surface area contributed by atoms with Crippen LogP contribution in [0.5, 0.6) is 0 Å². The van der Waals surface area contributed by atoms with Gasteiger partial charge in [0.25, 0.3) is 0 Å². The molecule has 0 spiro atoms. The van der Waals surface area contributed by atoms with E-state index in [-0.39, 0.29) is 17.4 Å². The fraction of sp³-hybridized carbons (Fsp3) is 0.263. The van der Waals surface area contributed by atoms with Crippen molar-refractivity contribution in [1.29, 1.82) is 0 Å². The summed E-state index contributed by atoms with van der Waals surface area (Å²) >= 11 is 0. The minimum Gasteiger partial charge on any atom is -0.354 e. The van der Waals surface area contributed by atoms with Crippen molar-refractivity contribution in [3.8, 4) is 0 Å². The van der Waals surface area contributed by atoms with Gasteiger partial charge in [-0.15, -0.1) is 0 Å².